The Morgan fingerprint density at radius 1 is 1.21 bits per heavy atom. The molecule has 0 aromatic heterocycles. The fourth-order valence-electron chi connectivity index (χ4n) is 2.10. The minimum absolute atomic E-state index is 0.0549. The normalized spacial score (nSPS) is 19.9. The number of carbonyl (C=O) groups excluding carboxylic acids is 1. The molecule has 1 saturated heterocycles. The first-order chi connectivity index (χ1) is 8.98. The van der Waals surface area contributed by atoms with Crippen LogP contribution in [0, 0.1) is 0 Å². The first-order valence-corrected chi connectivity index (χ1v) is 8.09. The zero-order valence-electron chi connectivity index (χ0n) is 10.7. The van der Waals surface area contributed by atoms with E-state index in [9.17, 15) is 13.2 Å². The van der Waals surface area contributed by atoms with E-state index in [4.69, 9.17) is 5.73 Å². The third-order valence-corrected chi connectivity index (χ3v) is 4.93. The van der Waals surface area contributed by atoms with E-state index in [2.05, 4.69) is 0 Å². The van der Waals surface area contributed by atoms with Crippen molar-refractivity contribution in [2.75, 3.05) is 24.6 Å². The highest BCUT2D eigenvalue weighted by molar-refractivity contribution is 7.91. The van der Waals surface area contributed by atoms with E-state index >= 15 is 0 Å². The lowest BCUT2D eigenvalue weighted by Crippen LogP contribution is -2.44. The summed E-state index contributed by atoms with van der Waals surface area (Å²) in [5.41, 5.74) is 6.91. The maximum Gasteiger partial charge on any atom is 0.224 e. The van der Waals surface area contributed by atoms with Gasteiger partial charge in [0.2, 0.25) is 5.91 Å². The zero-order valence-corrected chi connectivity index (χ0v) is 11.5. The summed E-state index contributed by atoms with van der Waals surface area (Å²) in [7, 11) is -2.95. The molecule has 1 fully saturated rings. The predicted molar refractivity (Wildman–Crippen MR) is 73.2 cm³/mol. The smallest absolute Gasteiger partial charge is 0.224 e. The van der Waals surface area contributed by atoms with Crippen molar-refractivity contribution in [3.05, 3.63) is 35.9 Å². The Morgan fingerprint density at radius 2 is 1.79 bits per heavy atom. The number of carbonyl (C=O) groups is 1. The minimum atomic E-state index is -2.95. The van der Waals surface area contributed by atoms with Gasteiger partial charge in [0.25, 0.3) is 0 Å². The van der Waals surface area contributed by atoms with Crippen molar-refractivity contribution in [2.24, 2.45) is 5.73 Å². The molecule has 0 radical (unpaired) electrons. The van der Waals surface area contributed by atoms with Crippen LogP contribution in [0.5, 0.6) is 0 Å². The van der Waals surface area contributed by atoms with Gasteiger partial charge in [-0.25, -0.2) is 8.42 Å². The number of nitrogens with two attached hydrogens (primary N) is 1. The van der Waals surface area contributed by atoms with Crippen LogP contribution in [0.1, 0.15) is 18.0 Å². The molecule has 104 valence electrons. The minimum Gasteiger partial charge on any atom is -0.341 e. The lowest BCUT2D eigenvalue weighted by atomic mass is 10.0. The molecule has 1 amide bonds. The summed E-state index contributed by atoms with van der Waals surface area (Å²) in [6.07, 6.45) is 0.212. The molecular formula is C13H18N2O3S. The lowest BCUT2D eigenvalue weighted by molar-refractivity contribution is -0.131. The molecule has 0 spiro atoms. The third kappa shape index (κ3) is 3.78. The number of amides is 1. The Labute approximate surface area is 113 Å². The van der Waals surface area contributed by atoms with E-state index < -0.39 is 9.84 Å². The van der Waals surface area contributed by atoms with Crippen molar-refractivity contribution in [3.8, 4) is 0 Å². The number of sulfone groups is 1. The standard InChI is InChI=1S/C13H18N2O3S/c14-12(11-4-2-1-3-5-11)10-13(16)15-6-8-19(17,18)9-7-15/h1-5,12H,6-10,14H2. The fourth-order valence-corrected chi connectivity index (χ4v) is 3.30. The van der Waals surface area contributed by atoms with Crippen molar-refractivity contribution in [1.82, 2.24) is 4.90 Å². The van der Waals surface area contributed by atoms with Gasteiger partial charge in [0, 0.05) is 25.6 Å². The Kier molecular flexibility index (Phi) is 4.21. The predicted octanol–water partition coefficient (Wildman–Crippen LogP) is 0.334. The maximum absolute atomic E-state index is 12.0. The van der Waals surface area contributed by atoms with E-state index in [0.29, 0.717) is 0 Å². The molecule has 0 aliphatic carbocycles. The van der Waals surface area contributed by atoms with Gasteiger partial charge in [0.15, 0.2) is 9.84 Å². The van der Waals surface area contributed by atoms with Crippen molar-refractivity contribution < 1.29 is 13.2 Å². The lowest BCUT2D eigenvalue weighted by Gasteiger charge is -2.27. The molecule has 1 aliphatic heterocycles. The molecule has 2 rings (SSSR count). The van der Waals surface area contributed by atoms with E-state index in [0.717, 1.165) is 5.56 Å². The quantitative estimate of drug-likeness (QED) is 0.866. The molecule has 5 nitrogen and oxygen atoms in total. The fraction of sp³-hybridized carbons (Fsp3) is 0.462. The number of hydrogen-bond donors (Lipinski definition) is 1. The van der Waals surface area contributed by atoms with Gasteiger partial charge in [-0.15, -0.1) is 0 Å². The van der Waals surface area contributed by atoms with Gasteiger partial charge in [-0.3, -0.25) is 4.79 Å². The van der Waals surface area contributed by atoms with Crippen LogP contribution < -0.4 is 5.73 Å². The molecule has 1 atom stereocenters. The van der Waals surface area contributed by atoms with Gasteiger partial charge in [-0.05, 0) is 5.56 Å². The molecule has 19 heavy (non-hydrogen) atoms. The monoisotopic (exact) mass is 282 g/mol. The van der Waals surface area contributed by atoms with Gasteiger partial charge in [0.05, 0.1) is 11.5 Å². The zero-order chi connectivity index (χ0) is 13.9. The summed E-state index contributed by atoms with van der Waals surface area (Å²) < 4.78 is 22.6. The van der Waals surface area contributed by atoms with Gasteiger partial charge < -0.3 is 10.6 Å². The van der Waals surface area contributed by atoms with Gasteiger partial charge in [-0.2, -0.15) is 0 Å². The summed E-state index contributed by atoms with van der Waals surface area (Å²) in [5, 5.41) is 0. The van der Waals surface area contributed by atoms with Crippen molar-refractivity contribution in [1.29, 1.82) is 0 Å². The third-order valence-electron chi connectivity index (χ3n) is 3.32. The van der Waals surface area contributed by atoms with Crippen LogP contribution >= 0.6 is 0 Å². The van der Waals surface area contributed by atoms with E-state index in [1.54, 1.807) is 4.90 Å². The molecule has 1 aromatic carbocycles. The summed E-state index contributed by atoms with van der Waals surface area (Å²) in [5.74, 6) is 0.0322. The summed E-state index contributed by atoms with van der Waals surface area (Å²) >= 11 is 0. The highest BCUT2D eigenvalue weighted by atomic mass is 32.2. The Hall–Kier alpha value is -1.40. The molecule has 2 N–H and O–H groups in total. The average Bonchev–Trinajstić information content (AvgIpc) is 2.39. The van der Waals surface area contributed by atoms with Crippen LogP contribution in [-0.2, 0) is 14.6 Å². The molecule has 1 aromatic rings. The first-order valence-electron chi connectivity index (χ1n) is 6.27. The second kappa shape index (κ2) is 5.71. The average molecular weight is 282 g/mol. The summed E-state index contributed by atoms with van der Waals surface area (Å²) in [6.45, 7) is 0.561. The van der Waals surface area contributed by atoms with Crippen LogP contribution in [0.25, 0.3) is 0 Å². The van der Waals surface area contributed by atoms with Gasteiger partial charge in [-0.1, -0.05) is 30.3 Å². The number of rotatable bonds is 3. The summed E-state index contributed by atoms with van der Waals surface area (Å²) in [4.78, 5) is 13.6. The Morgan fingerprint density at radius 3 is 2.37 bits per heavy atom. The topological polar surface area (TPSA) is 80.5 Å². The first kappa shape index (κ1) is 14.0. The van der Waals surface area contributed by atoms with Gasteiger partial charge >= 0.3 is 0 Å². The number of benzene rings is 1. The molecule has 0 bridgehead atoms. The van der Waals surface area contributed by atoms with Crippen LogP contribution in [0.4, 0.5) is 0 Å². The molecule has 1 aliphatic rings. The van der Waals surface area contributed by atoms with Gasteiger partial charge in [0.1, 0.15) is 0 Å². The Bertz CT molecular complexity index is 528. The maximum atomic E-state index is 12.0. The van der Waals surface area contributed by atoms with Crippen LogP contribution in [-0.4, -0.2) is 43.8 Å². The number of nitrogens with zero attached hydrogens (tertiary/aromatic N) is 1. The largest absolute Gasteiger partial charge is 0.341 e. The summed E-state index contributed by atoms with van der Waals surface area (Å²) in [6, 6.07) is 9.10. The van der Waals surface area contributed by atoms with Crippen LogP contribution in [0.3, 0.4) is 0 Å². The van der Waals surface area contributed by atoms with Crippen LogP contribution in [0.2, 0.25) is 0 Å². The SMILES string of the molecule is NC(CC(=O)N1CCS(=O)(=O)CC1)c1ccccc1. The molecule has 1 unspecified atom stereocenters. The van der Waals surface area contributed by atoms with E-state index in [1.165, 1.54) is 0 Å². The highest BCUT2D eigenvalue weighted by Gasteiger charge is 2.25. The van der Waals surface area contributed by atoms with Crippen molar-refractivity contribution >= 4 is 15.7 Å². The molecular weight excluding hydrogens is 264 g/mol. The molecule has 6 heteroatoms. The Balaban J connectivity index is 1.91. The number of hydrogen-bond acceptors (Lipinski definition) is 4. The van der Waals surface area contributed by atoms with Crippen LogP contribution in [0.15, 0.2) is 30.3 Å². The molecule has 1 heterocycles. The molecule has 0 saturated carbocycles. The highest BCUT2D eigenvalue weighted by Crippen LogP contribution is 2.15. The second-order valence-corrected chi connectivity index (χ2v) is 7.06. The van der Waals surface area contributed by atoms with E-state index in [-0.39, 0.29) is 43.0 Å². The second-order valence-electron chi connectivity index (χ2n) is 4.75. The van der Waals surface area contributed by atoms with Crippen molar-refractivity contribution in [2.45, 2.75) is 12.5 Å². The van der Waals surface area contributed by atoms with E-state index in [1.807, 2.05) is 30.3 Å². The van der Waals surface area contributed by atoms with Crippen molar-refractivity contribution in [3.63, 3.8) is 0 Å².